The second-order valence-corrected chi connectivity index (χ2v) is 3.10. The molecule has 0 unspecified atom stereocenters. The summed E-state index contributed by atoms with van der Waals surface area (Å²) in [6.07, 6.45) is 0. The molecule has 1 heterocycles. The van der Waals surface area contributed by atoms with E-state index in [0.29, 0.717) is 10.9 Å². The molecule has 66 valence electrons. The van der Waals surface area contributed by atoms with Gasteiger partial charge in [0.05, 0.1) is 0 Å². The Labute approximate surface area is 78.4 Å². The third-order valence-corrected chi connectivity index (χ3v) is 1.93. The Kier molecular flexibility index (Phi) is 2.09. The Bertz CT molecular complexity index is 389. The van der Waals surface area contributed by atoms with Gasteiger partial charge < -0.3 is 9.84 Å². The van der Waals surface area contributed by atoms with E-state index in [2.05, 4.69) is 10.2 Å². The molecule has 0 saturated carbocycles. The minimum Gasteiger partial charge on any atom is -0.508 e. The van der Waals surface area contributed by atoms with Gasteiger partial charge in [-0.15, -0.1) is 5.10 Å². The number of phenolic OH excluding ortho intramolecular Hbond substituents is 1. The zero-order valence-electron chi connectivity index (χ0n) is 6.54. The second kappa shape index (κ2) is 3.40. The topological polar surface area (TPSA) is 55.2 Å². The normalized spacial score (nSPS) is 9.85. The molecular weight excluding hydrogens is 188 g/mol. The molecule has 0 atom stereocenters. The van der Waals surface area contributed by atoms with Gasteiger partial charge in [-0.1, -0.05) is 22.5 Å². The highest BCUT2D eigenvalue weighted by Gasteiger charge is 1.99. The van der Waals surface area contributed by atoms with Gasteiger partial charge in [-0.25, -0.2) is 0 Å². The van der Waals surface area contributed by atoms with Crippen LogP contribution in [0.4, 0.5) is 0 Å². The SMILES string of the molecule is Oc1cccc(Oc2nncs2)c1. The van der Waals surface area contributed by atoms with E-state index in [4.69, 9.17) is 9.84 Å². The van der Waals surface area contributed by atoms with Crippen molar-refractivity contribution in [1.82, 2.24) is 10.2 Å². The summed E-state index contributed by atoms with van der Waals surface area (Å²) >= 11 is 1.30. The third-order valence-electron chi connectivity index (χ3n) is 1.36. The van der Waals surface area contributed by atoms with Gasteiger partial charge in [-0.2, -0.15) is 0 Å². The number of benzene rings is 1. The molecule has 0 aliphatic heterocycles. The number of hydrogen-bond donors (Lipinski definition) is 1. The fraction of sp³-hybridized carbons (Fsp3) is 0. The maximum atomic E-state index is 9.13. The highest BCUT2D eigenvalue weighted by atomic mass is 32.1. The first-order chi connectivity index (χ1) is 6.34. The molecule has 0 spiro atoms. The second-order valence-electron chi connectivity index (χ2n) is 2.30. The molecule has 1 aromatic heterocycles. The molecule has 1 N–H and O–H groups in total. The number of ether oxygens (including phenoxy) is 1. The molecule has 13 heavy (non-hydrogen) atoms. The van der Waals surface area contributed by atoms with Gasteiger partial charge >= 0.3 is 0 Å². The summed E-state index contributed by atoms with van der Waals surface area (Å²) in [7, 11) is 0. The van der Waals surface area contributed by atoms with E-state index in [1.54, 1.807) is 23.7 Å². The van der Waals surface area contributed by atoms with Crippen molar-refractivity contribution in [2.24, 2.45) is 0 Å². The molecule has 4 nitrogen and oxygen atoms in total. The number of aromatic nitrogens is 2. The lowest BCUT2D eigenvalue weighted by molar-refractivity contribution is 0.451. The van der Waals surface area contributed by atoms with E-state index in [0.717, 1.165) is 0 Å². The van der Waals surface area contributed by atoms with Gasteiger partial charge in [-0.3, -0.25) is 0 Å². The molecule has 0 radical (unpaired) electrons. The monoisotopic (exact) mass is 194 g/mol. The highest BCUT2D eigenvalue weighted by molar-refractivity contribution is 7.11. The van der Waals surface area contributed by atoms with Crippen molar-refractivity contribution in [3.63, 3.8) is 0 Å². The lowest BCUT2D eigenvalue weighted by Gasteiger charge is -1.99. The number of phenols is 1. The fourth-order valence-electron chi connectivity index (χ4n) is 0.855. The lowest BCUT2D eigenvalue weighted by atomic mass is 10.3. The Balaban J connectivity index is 2.19. The van der Waals surface area contributed by atoms with Crippen LogP contribution in [0.15, 0.2) is 29.8 Å². The van der Waals surface area contributed by atoms with Crippen molar-refractivity contribution >= 4 is 11.3 Å². The number of aromatic hydroxyl groups is 1. The van der Waals surface area contributed by atoms with Crippen molar-refractivity contribution in [3.05, 3.63) is 29.8 Å². The van der Waals surface area contributed by atoms with Gasteiger partial charge in [0, 0.05) is 6.07 Å². The average Bonchev–Trinajstić information content (AvgIpc) is 2.57. The van der Waals surface area contributed by atoms with Crippen LogP contribution in [-0.2, 0) is 0 Å². The van der Waals surface area contributed by atoms with E-state index >= 15 is 0 Å². The summed E-state index contributed by atoms with van der Waals surface area (Å²) in [5.74, 6) is 0.721. The molecule has 0 fully saturated rings. The summed E-state index contributed by atoms with van der Waals surface area (Å²) in [5, 5.41) is 16.9. The standard InChI is InChI=1S/C8H6N2O2S/c11-6-2-1-3-7(4-6)12-8-10-9-5-13-8/h1-5,11H. The lowest BCUT2D eigenvalue weighted by Crippen LogP contribution is -1.82. The Morgan fingerprint density at radius 2 is 2.31 bits per heavy atom. The Hall–Kier alpha value is -1.62. The van der Waals surface area contributed by atoms with E-state index < -0.39 is 0 Å². The third kappa shape index (κ3) is 1.94. The van der Waals surface area contributed by atoms with E-state index in [1.165, 1.54) is 17.4 Å². The minimum atomic E-state index is 0.169. The minimum absolute atomic E-state index is 0.169. The largest absolute Gasteiger partial charge is 0.508 e. The molecule has 0 bridgehead atoms. The summed E-state index contributed by atoms with van der Waals surface area (Å²) in [6, 6.07) is 6.53. The summed E-state index contributed by atoms with van der Waals surface area (Å²) < 4.78 is 5.28. The number of rotatable bonds is 2. The van der Waals surface area contributed by atoms with Crippen LogP contribution in [-0.4, -0.2) is 15.3 Å². The predicted molar refractivity (Wildman–Crippen MR) is 48.1 cm³/mol. The first-order valence-corrected chi connectivity index (χ1v) is 4.45. The van der Waals surface area contributed by atoms with Crippen LogP contribution in [0.25, 0.3) is 0 Å². The maximum Gasteiger partial charge on any atom is 0.299 e. The van der Waals surface area contributed by atoms with Crippen LogP contribution in [0.2, 0.25) is 0 Å². The van der Waals surface area contributed by atoms with E-state index in [-0.39, 0.29) is 5.75 Å². The van der Waals surface area contributed by atoms with Gasteiger partial charge in [-0.05, 0) is 12.1 Å². The van der Waals surface area contributed by atoms with Gasteiger partial charge in [0.2, 0.25) is 0 Å². The summed E-state index contributed by atoms with van der Waals surface area (Å²) in [6.45, 7) is 0. The molecule has 2 aromatic rings. The summed E-state index contributed by atoms with van der Waals surface area (Å²) in [4.78, 5) is 0. The van der Waals surface area contributed by atoms with Crippen molar-refractivity contribution in [2.75, 3.05) is 0 Å². The van der Waals surface area contributed by atoms with Crippen LogP contribution in [0, 0.1) is 0 Å². The van der Waals surface area contributed by atoms with E-state index in [9.17, 15) is 0 Å². The van der Waals surface area contributed by atoms with Crippen molar-refractivity contribution in [2.45, 2.75) is 0 Å². The van der Waals surface area contributed by atoms with Crippen LogP contribution >= 0.6 is 11.3 Å². The van der Waals surface area contributed by atoms with Crippen LogP contribution < -0.4 is 4.74 Å². The van der Waals surface area contributed by atoms with Gasteiger partial charge in [0.25, 0.3) is 5.19 Å². The molecule has 0 amide bonds. The van der Waals surface area contributed by atoms with E-state index in [1.807, 2.05) is 0 Å². The predicted octanol–water partition coefficient (Wildman–Crippen LogP) is 2.04. The molecule has 5 heteroatoms. The van der Waals surface area contributed by atoms with Crippen molar-refractivity contribution in [3.8, 4) is 16.7 Å². The molecule has 0 saturated heterocycles. The smallest absolute Gasteiger partial charge is 0.299 e. The first kappa shape index (κ1) is 8.00. The molecular formula is C8H6N2O2S. The highest BCUT2D eigenvalue weighted by Crippen LogP contribution is 2.24. The first-order valence-electron chi connectivity index (χ1n) is 3.57. The Morgan fingerprint density at radius 3 is 3.00 bits per heavy atom. The molecule has 0 aliphatic carbocycles. The Morgan fingerprint density at radius 1 is 1.38 bits per heavy atom. The fourth-order valence-corrected chi connectivity index (χ4v) is 1.28. The van der Waals surface area contributed by atoms with Gasteiger partial charge in [0.15, 0.2) is 0 Å². The summed E-state index contributed by atoms with van der Waals surface area (Å²) in [5.41, 5.74) is 1.58. The molecule has 2 rings (SSSR count). The van der Waals surface area contributed by atoms with Crippen molar-refractivity contribution < 1.29 is 9.84 Å². The van der Waals surface area contributed by atoms with Crippen LogP contribution in [0.3, 0.4) is 0 Å². The van der Waals surface area contributed by atoms with Gasteiger partial charge in [0.1, 0.15) is 17.0 Å². The average molecular weight is 194 g/mol. The van der Waals surface area contributed by atoms with Crippen LogP contribution in [0.5, 0.6) is 16.7 Å². The number of hydrogen-bond acceptors (Lipinski definition) is 5. The zero-order valence-corrected chi connectivity index (χ0v) is 7.36. The maximum absolute atomic E-state index is 9.13. The zero-order chi connectivity index (χ0) is 9.10. The van der Waals surface area contributed by atoms with Crippen molar-refractivity contribution in [1.29, 1.82) is 0 Å². The quantitative estimate of drug-likeness (QED) is 0.794. The van der Waals surface area contributed by atoms with Crippen LogP contribution in [0.1, 0.15) is 0 Å². The molecule has 1 aromatic carbocycles. The molecule has 0 aliphatic rings. The number of nitrogens with zero attached hydrogens (tertiary/aromatic N) is 2.